The normalized spacial score (nSPS) is 19.5. The van der Waals surface area contributed by atoms with Gasteiger partial charge in [-0.2, -0.15) is 0 Å². The maximum Gasteiger partial charge on any atom is 0.272 e. The lowest BCUT2D eigenvalue weighted by Gasteiger charge is -2.25. The first-order valence-electron chi connectivity index (χ1n) is 6.55. The van der Waals surface area contributed by atoms with E-state index in [2.05, 4.69) is 4.98 Å². The molecule has 1 unspecified atom stereocenters. The molecule has 0 spiro atoms. The molecule has 1 saturated heterocycles. The summed E-state index contributed by atoms with van der Waals surface area (Å²) in [6, 6.07) is 5.39. The fourth-order valence-electron chi connectivity index (χ4n) is 2.16. The summed E-state index contributed by atoms with van der Waals surface area (Å²) in [6.07, 6.45) is 6.39. The highest BCUT2D eigenvalue weighted by atomic mass is 16.5. The maximum absolute atomic E-state index is 12.0. The van der Waals surface area contributed by atoms with Crippen LogP contribution < -0.4 is 0 Å². The molecule has 18 heavy (non-hydrogen) atoms. The van der Waals surface area contributed by atoms with Crippen LogP contribution in [0, 0.1) is 0 Å². The van der Waals surface area contributed by atoms with E-state index in [4.69, 9.17) is 4.74 Å². The Labute approximate surface area is 108 Å². The quantitative estimate of drug-likeness (QED) is 0.819. The van der Waals surface area contributed by atoms with E-state index in [9.17, 15) is 4.79 Å². The Morgan fingerprint density at radius 2 is 2.39 bits per heavy atom. The monoisotopic (exact) mass is 248 g/mol. The van der Waals surface area contributed by atoms with Gasteiger partial charge in [0, 0.05) is 26.4 Å². The van der Waals surface area contributed by atoms with Crippen LogP contribution in [0.2, 0.25) is 0 Å². The molecule has 0 aliphatic carbocycles. The largest absolute Gasteiger partial charge is 0.378 e. The minimum Gasteiger partial charge on any atom is -0.378 e. The lowest BCUT2D eigenvalue weighted by atomic mass is 10.1. The van der Waals surface area contributed by atoms with Crippen LogP contribution in [0.4, 0.5) is 0 Å². The molecule has 1 aliphatic rings. The van der Waals surface area contributed by atoms with Crippen LogP contribution in [0.15, 0.2) is 24.4 Å². The topological polar surface area (TPSA) is 42.4 Å². The van der Waals surface area contributed by atoms with E-state index in [0.717, 1.165) is 26.0 Å². The average molecular weight is 248 g/mol. The van der Waals surface area contributed by atoms with Crippen molar-refractivity contribution in [2.75, 3.05) is 20.2 Å². The summed E-state index contributed by atoms with van der Waals surface area (Å²) in [5.41, 5.74) is 0.504. The number of amides is 1. The van der Waals surface area contributed by atoms with Crippen molar-refractivity contribution < 1.29 is 9.53 Å². The molecule has 98 valence electrons. The van der Waals surface area contributed by atoms with E-state index < -0.39 is 0 Å². The number of rotatable bonds is 4. The molecule has 4 nitrogen and oxygen atoms in total. The number of nitrogens with zero attached hydrogens (tertiary/aromatic N) is 2. The van der Waals surface area contributed by atoms with E-state index in [-0.39, 0.29) is 5.91 Å². The van der Waals surface area contributed by atoms with E-state index in [1.807, 2.05) is 19.2 Å². The molecule has 1 amide bonds. The summed E-state index contributed by atoms with van der Waals surface area (Å²) in [4.78, 5) is 17.8. The molecule has 1 aromatic rings. The SMILES string of the molecule is CN(CCC1CCCCO1)C(=O)c1ccccn1. The molecule has 2 heterocycles. The molecule has 0 N–H and O–H groups in total. The summed E-state index contributed by atoms with van der Waals surface area (Å²) in [5, 5.41) is 0. The van der Waals surface area contributed by atoms with Crippen LogP contribution in [0.1, 0.15) is 36.2 Å². The van der Waals surface area contributed by atoms with Crippen molar-refractivity contribution in [1.29, 1.82) is 0 Å². The zero-order valence-electron chi connectivity index (χ0n) is 10.8. The summed E-state index contributed by atoms with van der Waals surface area (Å²) >= 11 is 0. The predicted octanol–water partition coefficient (Wildman–Crippen LogP) is 2.11. The molecule has 1 atom stereocenters. The van der Waals surface area contributed by atoms with Crippen LogP contribution in [-0.2, 0) is 4.74 Å². The standard InChI is InChI=1S/C14H20N2O2/c1-16(10-8-12-6-3-5-11-18-12)14(17)13-7-2-4-9-15-13/h2,4,7,9,12H,3,5-6,8,10-11H2,1H3. The Morgan fingerprint density at radius 3 is 3.06 bits per heavy atom. The summed E-state index contributed by atoms with van der Waals surface area (Å²) in [6.45, 7) is 1.59. The van der Waals surface area contributed by atoms with Crippen LogP contribution in [0.3, 0.4) is 0 Å². The number of aromatic nitrogens is 1. The van der Waals surface area contributed by atoms with Gasteiger partial charge in [-0.25, -0.2) is 0 Å². The highest BCUT2D eigenvalue weighted by Crippen LogP contribution is 2.16. The van der Waals surface area contributed by atoms with Crippen molar-refractivity contribution in [1.82, 2.24) is 9.88 Å². The Bertz CT molecular complexity index is 375. The summed E-state index contributed by atoms with van der Waals surface area (Å²) in [5.74, 6) is -0.0218. The van der Waals surface area contributed by atoms with Gasteiger partial charge in [0.1, 0.15) is 5.69 Å². The van der Waals surface area contributed by atoms with Crippen LogP contribution in [0.25, 0.3) is 0 Å². The Morgan fingerprint density at radius 1 is 1.50 bits per heavy atom. The number of ether oxygens (including phenoxy) is 1. The van der Waals surface area contributed by atoms with E-state index in [1.165, 1.54) is 12.8 Å². The molecular formula is C14H20N2O2. The van der Waals surface area contributed by atoms with Gasteiger partial charge in [0.2, 0.25) is 0 Å². The van der Waals surface area contributed by atoms with Crippen molar-refractivity contribution in [3.63, 3.8) is 0 Å². The first kappa shape index (κ1) is 13.0. The molecule has 1 fully saturated rings. The van der Waals surface area contributed by atoms with Crippen molar-refractivity contribution in [2.45, 2.75) is 31.8 Å². The molecule has 1 aliphatic heterocycles. The number of pyridine rings is 1. The minimum atomic E-state index is -0.0218. The fraction of sp³-hybridized carbons (Fsp3) is 0.571. The highest BCUT2D eigenvalue weighted by molar-refractivity contribution is 5.91. The number of carbonyl (C=O) groups excluding carboxylic acids is 1. The molecule has 1 aromatic heterocycles. The van der Waals surface area contributed by atoms with Crippen LogP contribution in [-0.4, -0.2) is 42.1 Å². The van der Waals surface area contributed by atoms with Gasteiger partial charge in [-0.15, -0.1) is 0 Å². The average Bonchev–Trinajstić information content (AvgIpc) is 2.46. The number of hydrogen-bond donors (Lipinski definition) is 0. The second-order valence-electron chi connectivity index (χ2n) is 4.72. The smallest absolute Gasteiger partial charge is 0.272 e. The van der Waals surface area contributed by atoms with Gasteiger partial charge in [-0.3, -0.25) is 9.78 Å². The molecule has 4 heteroatoms. The van der Waals surface area contributed by atoms with Crippen LogP contribution in [0.5, 0.6) is 0 Å². The third-order valence-electron chi connectivity index (χ3n) is 3.29. The molecule has 2 rings (SSSR count). The van der Waals surface area contributed by atoms with Gasteiger partial charge in [0.15, 0.2) is 0 Å². The Kier molecular flexibility index (Phi) is 4.70. The Hall–Kier alpha value is -1.42. The lowest BCUT2D eigenvalue weighted by Crippen LogP contribution is -2.32. The lowest BCUT2D eigenvalue weighted by molar-refractivity contribution is 0.00705. The second kappa shape index (κ2) is 6.50. The van der Waals surface area contributed by atoms with Gasteiger partial charge < -0.3 is 9.64 Å². The number of hydrogen-bond acceptors (Lipinski definition) is 3. The molecule has 0 radical (unpaired) electrons. The van der Waals surface area contributed by atoms with Crippen molar-refractivity contribution >= 4 is 5.91 Å². The van der Waals surface area contributed by atoms with Crippen molar-refractivity contribution in [3.8, 4) is 0 Å². The van der Waals surface area contributed by atoms with Gasteiger partial charge in [-0.05, 0) is 37.8 Å². The van der Waals surface area contributed by atoms with Gasteiger partial charge >= 0.3 is 0 Å². The third kappa shape index (κ3) is 3.53. The first-order chi connectivity index (χ1) is 8.77. The third-order valence-corrected chi connectivity index (χ3v) is 3.29. The van der Waals surface area contributed by atoms with Gasteiger partial charge in [0.05, 0.1) is 6.10 Å². The first-order valence-corrected chi connectivity index (χ1v) is 6.55. The van der Waals surface area contributed by atoms with Crippen LogP contribution >= 0.6 is 0 Å². The van der Waals surface area contributed by atoms with Crippen molar-refractivity contribution in [3.05, 3.63) is 30.1 Å². The summed E-state index contributed by atoms with van der Waals surface area (Å²) in [7, 11) is 1.82. The van der Waals surface area contributed by atoms with Gasteiger partial charge in [0.25, 0.3) is 5.91 Å². The van der Waals surface area contributed by atoms with Gasteiger partial charge in [-0.1, -0.05) is 6.07 Å². The fourth-order valence-corrected chi connectivity index (χ4v) is 2.16. The number of carbonyl (C=O) groups is 1. The summed E-state index contributed by atoms with van der Waals surface area (Å²) < 4.78 is 5.66. The predicted molar refractivity (Wildman–Crippen MR) is 69.4 cm³/mol. The maximum atomic E-state index is 12.0. The molecular weight excluding hydrogens is 228 g/mol. The highest BCUT2D eigenvalue weighted by Gasteiger charge is 2.17. The van der Waals surface area contributed by atoms with E-state index >= 15 is 0 Å². The van der Waals surface area contributed by atoms with E-state index in [0.29, 0.717) is 11.8 Å². The minimum absolute atomic E-state index is 0.0218. The molecule has 0 bridgehead atoms. The second-order valence-corrected chi connectivity index (χ2v) is 4.72. The van der Waals surface area contributed by atoms with Crippen molar-refractivity contribution in [2.24, 2.45) is 0 Å². The molecule has 0 saturated carbocycles. The zero-order valence-corrected chi connectivity index (χ0v) is 10.8. The Balaban J connectivity index is 1.80. The zero-order chi connectivity index (χ0) is 12.8. The van der Waals surface area contributed by atoms with E-state index in [1.54, 1.807) is 17.2 Å². The molecule has 0 aromatic carbocycles.